The van der Waals surface area contributed by atoms with E-state index in [4.69, 9.17) is 5.73 Å². The molecule has 0 radical (unpaired) electrons. The van der Waals surface area contributed by atoms with E-state index in [0.717, 1.165) is 5.56 Å². The summed E-state index contributed by atoms with van der Waals surface area (Å²) in [7, 11) is 0. The highest BCUT2D eigenvalue weighted by Gasteiger charge is 2.39. The van der Waals surface area contributed by atoms with Crippen molar-refractivity contribution < 1.29 is 5.11 Å². The maximum atomic E-state index is 9.40. The van der Waals surface area contributed by atoms with E-state index >= 15 is 0 Å². The quantitative estimate of drug-likeness (QED) is 0.610. The second-order valence-corrected chi connectivity index (χ2v) is 3.46. The molecule has 1 aliphatic rings. The zero-order valence-electron chi connectivity index (χ0n) is 7.01. The van der Waals surface area contributed by atoms with Crippen molar-refractivity contribution in [1.82, 2.24) is 9.78 Å². The minimum absolute atomic E-state index is 0.0151. The second kappa shape index (κ2) is 2.57. The van der Waals surface area contributed by atoms with Crippen molar-refractivity contribution in [3.63, 3.8) is 0 Å². The van der Waals surface area contributed by atoms with Gasteiger partial charge in [0, 0.05) is 12.2 Å². The number of aromatic nitrogens is 2. The highest BCUT2D eigenvalue weighted by atomic mass is 16.3. The smallest absolute Gasteiger partial charge is 0.0930 e. The van der Waals surface area contributed by atoms with Gasteiger partial charge in [0.15, 0.2) is 0 Å². The summed E-state index contributed by atoms with van der Waals surface area (Å²) in [6.07, 6.45) is 4.05. The predicted octanol–water partition coefficient (Wildman–Crippen LogP) is -0.175. The minimum atomic E-state index is -0.320. The molecule has 0 bridgehead atoms. The first-order valence-electron chi connectivity index (χ1n) is 4.13. The maximum Gasteiger partial charge on any atom is 0.0930 e. The molecule has 0 saturated heterocycles. The lowest BCUT2D eigenvalue weighted by atomic mass is 9.84. The summed E-state index contributed by atoms with van der Waals surface area (Å²) in [4.78, 5) is 0. The highest BCUT2D eigenvalue weighted by Crippen LogP contribution is 2.30. The Kier molecular flexibility index (Phi) is 1.66. The Morgan fingerprint density at radius 3 is 2.92 bits per heavy atom. The first kappa shape index (κ1) is 7.76. The molecular weight excluding hydrogens is 154 g/mol. The number of rotatable bonds is 1. The van der Waals surface area contributed by atoms with Crippen molar-refractivity contribution in [2.45, 2.75) is 31.5 Å². The van der Waals surface area contributed by atoms with Crippen molar-refractivity contribution in [3.05, 3.63) is 18.0 Å². The first-order chi connectivity index (χ1) is 5.68. The molecule has 1 aromatic heterocycles. The zero-order chi connectivity index (χ0) is 8.72. The van der Waals surface area contributed by atoms with Gasteiger partial charge in [0.25, 0.3) is 0 Å². The Bertz CT molecular complexity index is 276. The van der Waals surface area contributed by atoms with Crippen LogP contribution in [-0.4, -0.2) is 27.0 Å². The van der Waals surface area contributed by atoms with Gasteiger partial charge in [-0.2, -0.15) is 5.10 Å². The van der Waals surface area contributed by atoms with Crippen molar-refractivity contribution in [1.29, 1.82) is 0 Å². The van der Waals surface area contributed by atoms with Crippen LogP contribution in [0.4, 0.5) is 0 Å². The summed E-state index contributed by atoms with van der Waals surface area (Å²) in [6, 6.07) is 0.0398. The Balaban J connectivity index is 2.19. The van der Waals surface area contributed by atoms with Crippen LogP contribution in [-0.2, 0) is 0 Å². The normalized spacial score (nSPS) is 34.8. The van der Waals surface area contributed by atoms with Gasteiger partial charge >= 0.3 is 0 Å². The van der Waals surface area contributed by atoms with Crippen molar-refractivity contribution in [2.24, 2.45) is 5.73 Å². The number of aliphatic hydroxyl groups is 1. The van der Waals surface area contributed by atoms with Crippen LogP contribution in [0.3, 0.4) is 0 Å². The Morgan fingerprint density at radius 2 is 2.50 bits per heavy atom. The van der Waals surface area contributed by atoms with E-state index in [1.165, 1.54) is 0 Å². The molecule has 0 spiro atoms. The molecule has 3 N–H and O–H groups in total. The van der Waals surface area contributed by atoms with E-state index < -0.39 is 0 Å². The lowest BCUT2D eigenvalue weighted by Gasteiger charge is -2.39. The average molecular weight is 167 g/mol. The summed E-state index contributed by atoms with van der Waals surface area (Å²) >= 11 is 0. The second-order valence-electron chi connectivity index (χ2n) is 3.46. The average Bonchev–Trinajstić information content (AvgIpc) is 2.35. The van der Waals surface area contributed by atoms with Crippen LogP contribution >= 0.6 is 0 Å². The van der Waals surface area contributed by atoms with Gasteiger partial charge in [-0.25, -0.2) is 0 Å². The molecule has 66 valence electrons. The minimum Gasteiger partial charge on any atom is -0.391 e. The third kappa shape index (κ3) is 1.04. The number of hydrogen-bond acceptors (Lipinski definition) is 3. The van der Waals surface area contributed by atoms with Crippen LogP contribution in [0.25, 0.3) is 0 Å². The van der Waals surface area contributed by atoms with Crippen molar-refractivity contribution >= 4 is 0 Å². The molecule has 1 aliphatic carbocycles. The maximum absolute atomic E-state index is 9.40. The number of aryl methyl sites for hydroxylation is 1. The van der Waals surface area contributed by atoms with Gasteiger partial charge in [-0.1, -0.05) is 0 Å². The lowest BCUT2D eigenvalue weighted by Crippen LogP contribution is -2.52. The molecule has 0 aliphatic heterocycles. The summed E-state index contributed by atoms with van der Waals surface area (Å²) < 4.78 is 1.76. The topological polar surface area (TPSA) is 64.1 Å². The molecule has 2 rings (SSSR count). The van der Waals surface area contributed by atoms with Crippen LogP contribution in [0.15, 0.2) is 12.4 Å². The Hall–Kier alpha value is -0.870. The molecule has 1 fully saturated rings. The molecule has 12 heavy (non-hydrogen) atoms. The number of aliphatic hydroxyl groups excluding tert-OH is 1. The van der Waals surface area contributed by atoms with E-state index in [9.17, 15) is 5.11 Å². The van der Waals surface area contributed by atoms with Gasteiger partial charge in [0.1, 0.15) is 0 Å². The van der Waals surface area contributed by atoms with E-state index in [1.807, 2.05) is 13.1 Å². The van der Waals surface area contributed by atoms with Crippen LogP contribution in [0.1, 0.15) is 18.0 Å². The first-order valence-corrected chi connectivity index (χ1v) is 4.13. The van der Waals surface area contributed by atoms with Gasteiger partial charge < -0.3 is 10.8 Å². The largest absolute Gasteiger partial charge is 0.391 e. The van der Waals surface area contributed by atoms with Crippen LogP contribution < -0.4 is 5.73 Å². The highest BCUT2D eigenvalue weighted by molar-refractivity contribution is 5.05. The third-order valence-corrected chi connectivity index (χ3v) is 2.38. The lowest BCUT2D eigenvalue weighted by molar-refractivity contribution is 0.00634. The predicted molar refractivity (Wildman–Crippen MR) is 44.6 cm³/mol. The van der Waals surface area contributed by atoms with Crippen LogP contribution in [0.5, 0.6) is 0 Å². The molecule has 0 amide bonds. The van der Waals surface area contributed by atoms with Crippen molar-refractivity contribution in [3.8, 4) is 0 Å². The summed E-state index contributed by atoms with van der Waals surface area (Å²) in [5, 5.41) is 13.5. The molecule has 4 heteroatoms. The van der Waals surface area contributed by atoms with E-state index in [2.05, 4.69) is 5.10 Å². The van der Waals surface area contributed by atoms with E-state index in [-0.39, 0.29) is 18.2 Å². The van der Waals surface area contributed by atoms with E-state index in [0.29, 0.717) is 6.42 Å². The third-order valence-electron chi connectivity index (χ3n) is 2.38. The summed E-state index contributed by atoms with van der Waals surface area (Å²) in [5.41, 5.74) is 6.83. The summed E-state index contributed by atoms with van der Waals surface area (Å²) in [5.74, 6) is 0. The Morgan fingerprint density at radius 1 is 1.75 bits per heavy atom. The SMILES string of the molecule is Cc1cnn([C@H]2[C@H](O)C[C@@H]2N)c1. The fourth-order valence-electron chi connectivity index (χ4n) is 1.62. The molecular formula is C8H13N3O. The molecule has 1 heterocycles. The number of hydrogen-bond donors (Lipinski definition) is 2. The zero-order valence-corrected chi connectivity index (χ0v) is 7.01. The molecule has 1 aromatic rings. The van der Waals surface area contributed by atoms with Gasteiger partial charge in [0.05, 0.1) is 18.3 Å². The molecule has 3 atom stereocenters. The van der Waals surface area contributed by atoms with Crippen LogP contribution in [0.2, 0.25) is 0 Å². The fraction of sp³-hybridized carbons (Fsp3) is 0.625. The Labute approximate surface area is 71.0 Å². The van der Waals surface area contributed by atoms with Crippen molar-refractivity contribution in [2.75, 3.05) is 0 Å². The van der Waals surface area contributed by atoms with Gasteiger partial charge in [-0.05, 0) is 18.9 Å². The number of nitrogens with zero attached hydrogens (tertiary/aromatic N) is 2. The molecule has 4 nitrogen and oxygen atoms in total. The van der Waals surface area contributed by atoms with Gasteiger partial charge in [0.2, 0.25) is 0 Å². The van der Waals surface area contributed by atoms with Gasteiger partial charge in [-0.15, -0.1) is 0 Å². The standard InChI is InChI=1S/C8H13N3O/c1-5-3-10-11(4-5)8-6(9)2-7(8)12/h3-4,6-8,12H,2,9H2,1H3/t6-,7+,8+/m0/s1. The molecule has 0 aromatic carbocycles. The van der Waals surface area contributed by atoms with Crippen LogP contribution in [0, 0.1) is 6.92 Å². The molecule has 0 unspecified atom stereocenters. The summed E-state index contributed by atoms with van der Waals surface area (Å²) in [6.45, 7) is 1.97. The number of nitrogens with two attached hydrogens (primary N) is 1. The van der Waals surface area contributed by atoms with Gasteiger partial charge in [-0.3, -0.25) is 4.68 Å². The monoisotopic (exact) mass is 167 g/mol. The van der Waals surface area contributed by atoms with E-state index in [1.54, 1.807) is 10.9 Å². The molecule has 1 saturated carbocycles. The fourth-order valence-corrected chi connectivity index (χ4v) is 1.62.